The molecule has 0 aliphatic rings. The second kappa shape index (κ2) is 15.0. The van der Waals surface area contributed by atoms with E-state index in [1.54, 1.807) is 0 Å². The van der Waals surface area contributed by atoms with Crippen LogP contribution in [0.25, 0.3) is 107 Å². The van der Waals surface area contributed by atoms with E-state index in [1.165, 1.54) is 62.6 Å². The van der Waals surface area contributed by atoms with E-state index < -0.39 is 0 Å². The Labute approximate surface area is 378 Å². The highest BCUT2D eigenvalue weighted by Crippen LogP contribution is 2.52. The molecule has 0 radical (unpaired) electrons. The maximum Gasteiger partial charge on any atom is 0.145 e. The monoisotopic (exact) mass is 851 g/mol. The van der Waals surface area contributed by atoms with E-state index >= 15 is 0 Å². The number of furan rings is 1. The number of anilines is 3. The summed E-state index contributed by atoms with van der Waals surface area (Å²) >= 11 is 3.72. The van der Waals surface area contributed by atoms with Gasteiger partial charge in [0.2, 0.25) is 0 Å². The summed E-state index contributed by atoms with van der Waals surface area (Å²) in [5.41, 5.74) is 14.3. The first-order valence-corrected chi connectivity index (χ1v) is 23.3. The van der Waals surface area contributed by atoms with Crippen LogP contribution in [0, 0.1) is 0 Å². The Morgan fingerprint density at radius 1 is 0.312 bits per heavy atom. The average Bonchev–Trinajstić information content (AvgIpc) is 4.06. The number of hydrogen-bond donors (Lipinski definition) is 0. The van der Waals surface area contributed by atoms with Crippen LogP contribution in [0.4, 0.5) is 17.1 Å². The Bertz CT molecular complexity index is 3890. The Morgan fingerprint density at radius 3 is 1.61 bits per heavy atom. The van der Waals surface area contributed by atoms with Crippen LogP contribution in [0.5, 0.6) is 0 Å². The van der Waals surface area contributed by atoms with Gasteiger partial charge in [0.05, 0.1) is 16.8 Å². The summed E-state index contributed by atoms with van der Waals surface area (Å²) in [6, 6.07) is 81.6. The van der Waals surface area contributed by atoms with E-state index in [4.69, 9.17) is 4.42 Å². The predicted molar refractivity (Wildman–Crippen MR) is 276 cm³/mol. The van der Waals surface area contributed by atoms with Gasteiger partial charge in [-0.15, -0.1) is 22.7 Å². The first-order valence-electron chi connectivity index (χ1n) is 21.6. The zero-order valence-corrected chi connectivity index (χ0v) is 36.2. The summed E-state index contributed by atoms with van der Waals surface area (Å²) in [4.78, 5) is 2.52. The van der Waals surface area contributed by atoms with Crippen LogP contribution < -0.4 is 4.90 Å². The second-order valence-electron chi connectivity index (χ2n) is 16.4. The van der Waals surface area contributed by atoms with Crippen molar-refractivity contribution in [3.63, 3.8) is 0 Å². The third-order valence-electron chi connectivity index (χ3n) is 12.7. The maximum absolute atomic E-state index is 7.15. The highest BCUT2D eigenvalue weighted by Gasteiger charge is 2.26. The number of nitrogens with zero attached hydrogens (tertiary/aromatic N) is 1. The lowest BCUT2D eigenvalue weighted by molar-refractivity contribution is 0.670. The third kappa shape index (κ3) is 6.06. The minimum absolute atomic E-state index is 0.859. The molecule has 0 atom stereocenters. The van der Waals surface area contributed by atoms with E-state index in [-0.39, 0.29) is 0 Å². The molecule has 2 nitrogen and oxygen atoms in total. The number of thiophene rings is 2. The van der Waals surface area contributed by atoms with E-state index in [0.717, 1.165) is 61.3 Å². The summed E-state index contributed by atoms with van der Waals surface area (Å²) in [5, 5.41) is 7.15. The third-order valence-corrected chi connectivity index (χ3v) is 14.9. The molecule has 13 aromatic rings. The van der Waals surface area contributed by atoms with Gasteiger partial charge in [-0.05, 0) is 106 Å². The molecule has 300 valence electrons. The van der Waals surface area contributed by atoms with Gasteiger partial charge in [-0.2, -0.15) is 0 Å². The number of fused-ring (bicyclic) bond motifs is 9. The van der Waals surface area contributed by atoms with Crippen molar-refractivity contribution in [3.05, 3.63) is 224 Å². The fourth-order valence-corrected chi connectivity index (χ4v) is 11.9. The molecule has 0 unspecified atom stereocenters. The summed E-state index contributed by atoms with van der Waals surface area (Å²) < 4.78 is 12.2. The molecule has 3 aromatic heterocycles. The Morgan fingerprint density at radius 2 is 0.891 bits per heavy atom. The Kier molecular flexibility index (Phi) is 8.61. The van der Waals surface area contributed by atoms with Gasteiger partial charge >= 0.3 is 0 Å². The van der Waals surface area contributed by atoms with Crippen LogP contribution >= 0.6 is 22.7 Å². The van der Waals surface area contributed by atoms with Gasteiger partial charge in [0.15, 0.2) is 0 Å². The number of hydrogen-bond acceptors (Lipinski definition) is 4. The molecule has 0 saturated heterocycles. The van der Waals surface area contributed by atoms with Crippen molar-refractivity contribution in [3.8, 4) is 44.5 Å². The van der Waals surface area contributed by atoms with Crippen LogP contribution in [0.3, 0.4) is 0 Å². The van der Waals surface area contributed by atoms with Gasteiger partial charge in [-0.3, -0.25) is 0 Å². The zero-order chi connectivity index (χ0) is 42.1. The molecule has 0 fully saturated rings. The minimum atomic E-state index is 0.859. The molecule has 0 bridgehead atoms. The lowest BCUT2D eigenvalue weighted by Gasteiger charge is -2.28. The SMILES string of the molecule is c1ccc(-c2ccc3c(c2)oc2c(-c4ccccc4)ccc(N(c4ccc5sc6ccccc6c5c4)c4cc(-c5ccccc5)cc5sc6cc(-c7ccccc7)ccc6c45)c23)cc1. The molecule has 0 spiro atoms. The van der Waals surface area contributed by atoms with Crippen molar-refractivity contribution in [1.82, 2.24) is 0 Å². The van der Waals surface area contributed by atoms with Crippen LogP contribution in [0.1, 0.15) is 0 Å². The van der Waals surface area contributed by atoms with Crippen LogP contribution in [0.2, 0.25) is 0 Å². The lowest BCUT2D eigenvalue weighted by Crippen LogP contribution is -2.11. The molecule has 64 heavy (non-hydrogen) atoms. The van der Waals surface area contributed by atoms with Gasteiger partial charge < -0.3 is 9.32 Å². The molecule has 0 amide bonds. The minimum Gasteiger partial charge on any atom is -0.455 e. The van der Waals surface area contributed by atoms with Crippen LogP contribution in [-0.2, 0) is 0 Å². The second-order valence-corrected chi connectivity index (χ2v) is 18.6. The van der Waals surface area contributed by atoms with Gasteiger partial charge in [0.25, 0.3) is 0 Å². The van der Waals surface area contributed by atoms with Gasteiger partial charge in [-0.25, -0.2) is 0 Å². The Hall–Kier alpha value is -7.76. The highest BCUT2D eigenvalue weighted by atomic mass is 32.1. The molecule has 0 aliphatic heterocycles. The van der Waals surface area contributed by atoms with E-state index in [9.17, 15) is 0 Å². The maximum atomic E-state index is 7.15. The molecule has 10 aromatic carbocycles. The average molecular weight is 852 g/mol. The Balaban J connectivity index is 1.15. The van der Waals surface area contributed by atoms with E-state index in [0.29, 0.717) is 0 Å². The van der Waals surface area contributed by atoms with Crippen LogP contribution in [-0.4, -0.2) is 0 Å². The van der Waals surface area contributed by atoms with Crippen molar-refractivity contribution in [2.75, 3.05) is 4.90 Å². The molecule has 13 rings (SSSR count). The number of rotatable bonds is 7. The van der Waals surface area contributed by atoms with Crippen molar-refractivity contribution in [2.24, 2.45) is 0 Å². The topological polar surface area (TPSA) is 16.4 Å². The van der Waals surface area contributed by atoms with Crippen molar-refractivity contribution in [2.45, 2.75) is 0 Å². The zero-order valence-electron chi connectivity index (χ0n) is 34.5. The fraction of sp³-hybridized carbons (Fsp3) is 0. The first kappa shape index (κ1) is 36.9. The lowest BCUT2D eigenvalue weighted by atomic mass is 9.97. The molecule has 3 heterocycles. The van der Waals surface area contributed by atoms with Crippen LogP contribution in [0.15, 0.2) is 229 Å². The molecule has 0 saturated carbocycles. The normalized spacial score (nSPS) is 11.8. The largest absolute Gasteiger partial charge is 0.455 e. The van der Waals surface area contributed by atoms with Gasteiger partial charge in [-0.1, -0.05) is 158 Å². The van der Waals surface area contributed by atoms with Gasteiger partial charge in [0, 0.05) is 57.0 Å². The van der Waals surface area contributed by atoms with Crippen molar-refractivity contribution in [1.29, 1.82) is 0 Å². The fourth-order valence-electron chi connectivity index (χ4n) is 9.63. The molecule has 0 aliphatic carbocycles. The van der Waals surface area contributed by atoms with E-state index in [1.807, 2.05) is 22.7 Å². The molecular weight excluding hydrogens is 815 g/mol. The van der Waals surface area contributed by atoms with Crippen molar-refractivity contribution >= 4 is 102 Å². The van der Waals surface area contributed by atoms with Crippen molar-refractivity contribution < 1.29 is 4.42 Å². The molecular formula is C60H37NOS2. The smallest absolute Gasteiger partial charge is 0.145 e. The quantitative estimate of drug-likeness (QED) is 0.159. The summed E-state index contributed by atoms with van der Waals surface area (Å²) in [5.74, 6) is 0. The first-order chi connectivity index (χ1) is 31.7. The summed E-state index contributed by atoms with van der Waals surface area (Å²) in [6.45, 7) is 0. The number of benzene rings is 10. The highest BCUT2D eigenvalue weighted by molar-refractivity contribution is 7.26. The van der Waals surface area contributed by atoms with E-state index in [2.05, 4.69) is 229 Å². The molecule has 4 heteroatoms. The van der Waals surface area contributed by atoms with Gasteiger partial charge in [0.1, 0.15) is 11.2 Å². The molecule has 0 N–H and O–H groups in total. The standard InChI is InChI=1S/C60H37NOS2/c1-5-15-38(16-6-1)42-25-28-48-53(34-42)62-60-46(41-21-11-4-12-22-41)30-31-51(59(48)60)61(45-27-32-55-50(37-45)47-23-13-14-24-54(47)63-55)52-33-44(40-19-9-3-10-20-40)36-57-58(52)49-29-26-43(35-56(49)64-57)39-17-7-2-8-18-39/h1-37H. The predicted octanol–water partition coefficient (Wildman–Crippen LogP) is 18.5. The summed E-state index contributed by atoms with van der Waals surface area (Å²) in [7, 11) is 0. The summed E-state index contributed by atoms with van der Waals surface area (Å²) in [6.07, 6.45) is 0.